The predicted molar refractivity (Wildman–Crippen MR) is 127 cm³/mol. The number of imidazole rings is 1. The Morgan fingerprint density at radius 3 is 2.34 bits per heavy atom. The number of hydrogen-bond acceptors (Lipinski definition) is 5. The van der Waals surface area contributed by atoms with Gasteiger partial charge in [-0.3, -0.25) is 9.59 Å². The lowest BCUT2D eigenvalue weighted by Crippen LogP contribution is -1.99. The van der Waals surface area contributed by atoms with Crippen LogP contribution < -0.4 is 0 Å². The molecule has 0 spiro atoms. The molecular formula is C24H12Cl2N2O3S. The second-order valence-electron chi connectivity index (χ2n) is 7.51. The van der Waals surface area contributed by atoms with Crippen LogP contribution in [-0.2, 0) is 7.05 Å². The van der Waals surface area contributed by atoms with Gasteiger partial charge in [-0.1, -0.05) is 41.4 Å². The highest BCUT2D eigenvalue weighted by Crippen LogP contribution is 2.37. The first-order valence-corrected chi connectivity index (χ1v) is 11.2. The number of benzene rings is 2. The van der Waals surface area contributed by atoms with Crippen LogP contribution in [0.5, 0.6) is 0 Å². The fraction of sp³-hybridized carbons (Fsp3) is 0.0417. The molecular weight excluding hydrogens is 467 g/mol. The van der Waals surface area contributed by atoms with Crippen LogP contribution in [0.4, 0.5) is 0 Å². The quantitative estimate of drug-likeness (QED) is 0.206. The Labute approximate surface area is 195 Å². The molecule has 6 rings (SSSR count). The zero-order valence-corrected chi connectivity index (χ0v) is 18.8. The van der Waals surface area contributed by atoms with E-state index >= 15 is 0 Å². The number of halogens is 2. The highest BCUT2D eigenvalue weighted by molar-refractivity contribution is 7.22. The van der Waals surface area contributed by atoms with Crippen LogP contribution in [0.1, 0.15) is 26.5 Å². The highest BCUT2D eigenvalue weighted by atomic mass is 35.5. The number of aromatic nitrogens is 2. The lowest BCUT2D eigenvalue weighted by molar-refractivity contribution is 0.0990. The number of nitrogens with zero attached hydrogens (tertiary/aromatic N) is 2. The van der Waals surface area contributed by atoms with Gasteiger partial charge in [-0.15, -0.1) is 11.3 Å². The first-order chi connectivity index (χ1) is 15.4. The molecule has 0 unspecified atom stereocenters. The van der Waals surface area contributed by atoms with E-state index in [2.05, 4.69) is 23.2 Å². The van der Waals surface area contributed by atoms with Crippen LogP contribution in [0.3, 0.4) is 0 Å². The van der Waals surface area contributed by atoms with E-state index in [0.29, 0.717) is 11.5 Å². The zero-order valence-electron chi connectivity index (χ0n) is 16.5. The predicted octanol–water partition coefficient (Wildman–Crippen LogP) is 6.82. The summed E-state index contributed by atoms with van der Waals surface area (Å²) in [7, 11) is 1.91. The maximum Gasteiger partial charge on any atom is 0.245 e. The Hall–Kier alpha value is -3.19. The standard InChI is InChI=1S/C24H12Cl2N2O3S/c1-28-18-8-12(7-15-21(29)13-9-16(25)17(26)10-14(13)22(15)30)31-24(18)27-23(28)20-6-11-4-2-3-5-19(11)32-20/h2-10H,1H3. The number of rotatable bonds is 2. The van der Waals surface area contributed by atoms with E-state index in [1.54, 1.807) is 17.4 Å². The Morgan fingerprint density at radius 1 is 1.00 bits per heavy atom. The van der Waals surface area contributed by atoms with Crippen molar-refractivity contribution < 1.29 is 14.0 Å². The van der Waals surface area contributed by atoms with Crippen LogP contribution in [0, 0.1) is 0 Å². The van der Waals surface area contributed by atoms with Gasteiger partial charge in [-0.05, 0) is 35.7 Å². The van der Waals surface area contributed by atoms with Crippen molar-refractivity contribution in [3.05, 3.63) is 81.0 Å². The molecule has 0 saturated carbocycles. The van der Waals surface area contributed by atoms with Crippen LogP contribution in [0.15, 0.2) is 58.5 Å². The summed E-state index contributed by atoms with van der Waals surface area (Å²) >= 11 is 13.7. The second-order valence-corrected chi connectivity index (χ2v) is 9.41. The minimum Gasteiger partial charge on any atom is -0.437 e. The third kappa shape index (κ3) is 2.80. The minimum atomic E-state index is -0.400. The lowest BCUT2D eigenvalue weighted by Gasteiger charge is -1.98. The Morgan fingerprint density at radius 2 is 1.69 bits per heavy atom. The number of Topliss-reactive ketones (excluding diaryl/α,β-unsaturated/α-hetero) is 2. The van der Waals surface area contributed by atoms with Crippen molar-refractivity contribution in [2.45, 2.75) is 0 Å². The van der Waals surface area contributed by atoms with Crippen molar-refractivity contribution in [1.82, 2.24) is 9.55 Å². The second kappa shape index (κ2) is 6.90. The molecule has 5 nitrogen and oxygen atoms in total. The average Bonchev–Trinajstić information content (AvgIpc) is 3.50. The molecule has 0 atom stereocenters. The van der Waals surface area contributed by atoms with Crippen LogP contribution >= 0.6 is 34.5 Å². The van der Waals surface area contributed by atoms with Gasteiger partial charge in [-0.2, -0.15) is 4.98 Å². The summed E-state index contributed by atoms with van der Waals surface area (Å²) in [6.07, 6.45) is 1.45. The number of aryl methyl sites for hydroxylation is 1. The molecule has 32 heavy (non-hydrogen) atoms. The number of furan rings is 1. The number of allylic oxidation sites excluding steroid dienone is 1. The molecule has 1 aliphatic rings. The smallest absolute Gasteiger partial charge is 0.245 e. The number of thiophene rings is 1. The first-order valence-electron chi connectivity index (χ1n) is 9.66. The van der Waals surface area contributed by atoms with Crippen molar-refractivity contribution in [1.29, 1.82) is 0 Å². The zero-order chi connectivity index (χ0) is 22.1. The summed E-state index contributed by atoms with van der Waals surface area (Å²) in [6.45, 7) is 0. The Bertz CT molecular complexity index is 1580. The normalized spacial score (nSPS) is 13.5. The van der Waals surface area contributed by atoms with Gasteiger partial charge in [0.15, 0.2) is 17.4 Å². The largest absolute Gasteiger partial charge is 0.437 e. The summed E-state index contributed by atoms with van der Waals surface area (Å²) in [5.41, 5.74) is 1.72. The number of carbonyl (C=O) groups is 2. The molecule has 0 aliphatic heterocycles. The third-order valence-electron chi connectivity index (χ3n) is 5.57. The SMILES string of the molecule is Cn1c(-c2cc3ccccc3s2)nc2oc(C=C3C(=O)c4cc(Cl)c(Cl)cc4C3=O)cc21. The topological polar surface area (TPSA) is 65.1 Å². The van der Waals surface area contributed by atoms with Crippen molar-refractivity contribution >= 4 is 73.5 Å². The molecule has 5 aromatic rings. The Kier molecular flexibility index (Phi) is 4.21. The fourth-order valence-corrected chi connectivity index (χ4v) is 5.38. The lowest BCUT2D eigenvalue weighted by atomic mass is 10.1. The molecule has 1 aliphatic carbocycles. The van der Waals surface area contributed by atoms with Crippen molar-refractivity contribution in [2.24, 2.45) is 7.05 Å². The molecule has 0 bridgehead atoms. The van der Waals surface area contributed by atoms with E-state index in [1.807, 2.05) is 23.7 Å². The summed E-state index contributed by atoms with van der Waals surface area (Å²) in [5.74, 6) is 0.373. The summed E-state index contributed by atoms with van der Waals surface area (Å²) < 4.78 is 9.00. The molecule has 3 aromatic heterocycles. The van der Waals surface area contributed by atoms with E-state index < -0.39 is 11.6 Å². The average molecular weight is 479 g/mol. The monoisotopic (exact) mass is 478 g/mol. The van der Waals surface area contributed by atoms with Crippen molar-refractivity contribution in [3.8, 4) is 10.7 Å². The number of carbonyl (C=O) groups excluding carboxylic acids is 2. The van der Waals surface area contributed by atoms with Crippen molar-refractivity contribution in [3.63, 3.8) is 0 Å². The van der Waals surface area contributed by atoms with Gasteiger partial charge >= 0.3 is 0 Å². The molecule has 156 valence electrons. The summed E-state index contributed by atoms with van der Waals surface area (Å²) in [4.78, 5) is 31.2. The van der Waals surface area contributed by atoms with Gasteiger partial charge in [-0.25, -0.2) is 0 Å². The van der Waals surface area contributed by atoms with Crippen LogP contribution in [-0.4, -0.2) is 21.1 Å². The van der Waals surface area contributed by atoms with Crippen molar-refractivity contribution in [2.75, 3.05) is 0 Å². The van der Waals surface area contributed by atoms with Crippen LogP contribution in [0.25, 0.3) is 38.1 Å². The Balaban J connectivity index is 1.40. The molecule has 8 heteroatoms. The summed E-state index contributed by atoms with van der Waals surface area (Å²) in [5, 5.41) is 1.62. The highest BCUT2D eigenvalue weighted by Gasteiger charge is 2.34. The van der Waals surface area contributed by atoms with Gasteiger partial charge in [0.05, 0.1) is 20.5 Å². The summed E-state index contributed by atoms with van der Waals surface area (Å²) in [6, 6.07) is 14.9. The fourth-order valence-electron chi connectivity index (χ4n) is 3.97. The van der Waals surface area contributed by atoms with Gasteiger partial charge in [0.25, 0.3) is 0 Å². The molecule has 0 amide bonds. The van der Waals surface area contributed by atoms with E-state index in [9.17, 15) is 9.59 Å². The van der Waals surface area contributed by atoms with E-state index in [1.165, 1.54) is 22.9 Å². The maximum absolute atomic E-state index is 12.8. The maximum atomic E-state index is 12.8. The molecule has 2 aromatic carbocycles. The minimum absolute atomic E-state index is 0.0159. The van der Waals surface area contributed by atoms with Gasteiger partial charge in [0, 0.05) is 28.9 Å². The van der Waals surface area contributed by atoms with Gasteiger partial charge in [0.2, 0.25) is 5.71 Å². The molecule has 3 heterocycles. The van der Waals surface area contributed by atoms with Gasteiger partial charge < -0.3 is 8.98 Å². The third-order valence-corrected chi connectivity index (χ3v) is 7.40. The number of hydrogen-bond donors (Lipinski definition) is 0. The van der Waals surface area contributed by atoms with E-state index in [4.69, 9.17) is 27.6 Å². The molecule has 0 fully saturated rings. The van der Waals surface area contributed by atoms with Gasteiger partial charge in [0.1, 0.15) is 11.3 Å². The first kappa shape index (κ1) is 19.5. The number of fused-ring (bicyclic) bond motifs is 3. The van der Waals surface area contributed by atoms with Crippen LogP contribution in [0.2, 0.25) is 10.0 Å². The van der Waals surface area contributed by atoms with E-state index in [-0.39, 0.29) is 26.7 Å². The molecule has 0 N–H and O–H groups in total. The number of ketones is 2. The molecule has 0 saturated heterocycles. The molecule has 0 radical (unpaired) electrons. The van der Waals surface area contributed by atoms with E-state index in [0.717, 1.165) is 21.6 Å².